The molecule has 0 unspecified atom stereocenters. The molecule has 2 fully saturated rings. The fraction of sp³-hybridized carbons (Fsp3) is 0.455. The topological polar surface area (TPSA) is 52.7 Å². The fourth-order valence-electron chi connectivity index (χ4n) is 4.15. The molecular weight excluding hydrogens is 370 g/mol. The number of rotatable bonds is 6. The summed E-state index contributed by atoms with van der Waals surface area (Å²) in [5, 5.41) is 5.10. The molecule has 2 aromatic rings. The van der Waals surface area contributed by atoms with Crippen LogP contribution in [0.3, 0.4) is 0 Å². The molecule has 4 rings (SSSR count). The summed E-state index contributed by atoms with van der Waals surface area (Å²) in [4.78, 5) is 29.7. The van der Waals surface area contributed by atoms with Gasteiger partial charge in [-0.1, -0.05) is 42.8 Å². The highest BCUT2D eigenvalue weighted by Gasteiger charge is 2.38. The highest BCUT2D eigenvalue weighted by molar-refractivity contribution is 7.12. The van der Waals surface area contributed by atoms with Crippen molar-refractivity contribution < 1.29 is 9.59 Å². The Bertz CT molecular complexity index is 794. The molecule has 1 saturated carbocycles. The minimum absolute atomic E-state index is 0.0836. The van der Waals surface area contributed by atoms with Gasteiger partial charge in [0.2, 0.25) is 5.91 Å². The molecular formula is C22H27N3O2S. The number of thiophene rings is 1. The third kappa shape index (κ3) is 4.13. The molecule has 1 N–H and O–H groups in total. The van der Waals surface area contributed by atoms with Crippen molar-refractivity contribution in [1.82, 2.24) is 15.1 Å². The first-order valence-corrected chi connectivity index (χ1v) is 10.9. The minimum Gasteiger partial charge on any atom is -0.354 e. The Morgan fingerprint density at radius 1 is 1.00 bits per heavy atom. The molecule has 2 amide bonds. The van der Waals surface area contributed by atoms with E-state index in [1.54, 1.807) is 0 Å². The predicted molar refractivity (Wildman–Crippen MR) is 112 cm³/mol. The molecule has 2 aliphatic rings. The van der Waals surface area contributed by atoms with Gasteiger partial charge in [0, 0.05) is 38.1 Å². The number of nitrogens with one attached hydrogen (secondary N) is 1. The Morgan fingerprint density at radius 3 is 2.36 bits per heavy atom. The molecule has 5 nitrogen and oxygen atoms in total. The molecule has 0 spiro atoms. The Morgan fingerprint density at radius 2 is 1.75 bits per heavy atom. The van der Waals surface area contributed by atoms with Crippen molar-refractivity contribution in [3.05, 3.63) is 58.3 Å². The van der Waals surface area contributed by atoms with Crippen LogP contribution in [-0.4, -0.2) is 60.9 Å². The monoisotopic (exact) mass is 397 g/mol. The quantitative estimate of drug-likeness (QED) is 0.816. The first kappa shape index (κ1) is 19.2. The molecule has 1 saturated heterocycles. The second-order valence-corrected chi connectivity index (χ2v) is 8.77. The molecule has 148 valence electrons. The number of carbonyl (C=O) groups excluding carboxylic acids is 2. The van der Waals surface area contributed by atoms with Crippen molar-refractivity contribution in [2.24, 2.45) is 0 Å². The predicted octanol–water partition coefficient (Wildman–Crippen LogP) is 2.74. The van der Waals surface area contributed by atoms with Crippen LogP contribution < -0.4 is 5.32 Å². The first-order valence-electron chi connectivity index (χ1n) is 10.0. The van der Waals surface area contributed by atoms with Crippen molar-refractivity contribution in [3.63, 3.8) is 0 Å². The molecule has 1 aliphatic heterocycles. The van der Waals surface area contributed by atoms with Gasteiger partial charge in [-0.2, -0.15) is 0 Å². The number of hydrogen-bond donors (Lipinski definition) is 1. The molecule has 1 aromatic carbocycles. The molecule has 0 atom stereocenters. The lowest BCUT2D eigenvalue weighted by atomic mass is 9.64. The van der Waals surface area contributed by atoms with E-state index in [4.69, 9.17) is 0 Å². The summed E-state index contributed by atoms with van der Waals surface area (Å²) in [5.41, 5.74) is 1.45. The van der Waals surface area contributed by atoms with Crippen LogP contribution >= 0.6 is 11.3 Å². The molecule has 1 aromatic heterocycles. The van der Waals surface area contributed by atoms with Gasteiger partial charge in [-0.3, -0.25) is 14.5 Å². The standard InChI is InChI=1S/C22H27N3O2S/c26-20(23-17-22(9-5-10-22)18-6-2-1-3-7-18)16-24-11-13-25(14-12-24)21(27)19-8-4-15-28-19/h1-4,6-8,15H,5,9-14,16-17H2,(H,23,26). The number of nitrogens with zero attached hydrogens (tertiary/aromatic N) is 2. The molecule has 28 heavy (non-hydrogen) atoms. The number of benzene rings is 1. The Balaban J connectivity index is 1.23. The van der Waals surface area contributed by atoms with Crippen molar-refractivity contribution >= 4 is 23.2 Å². The van der Waals surface area contributed by atoms with Gasteiger partial charge in [0.05, 0.1) is 11.4 Å². The summed E-state index contributed by atoms with van der Waals surface area (Å²) in [6, 6.07) is 14.3. The lowest BCUT2D eigenvalue weighted by Crippen LogP contribution is -2.52. The molecule has 1 aliphatic carbocycles. The van der Waals surface area contributed by atoms with E-state index in [0.29, 0.717) is 26.2 Å². The SMILES string of the molecule is O=C(CN1CCN(C(=O)c2cccs2)CC1)NCC1(c2ccccc2)CCC1. The van der Waals surface area contributed by atoms with Crippen molar-refractivity contribution in [2.45, 2.75) is 24.7 Å². The minimum atomic E-state index is 0.0836. The molecule has 6 heteroatoms. The maximum absolute atomic E-state index is 12.5. The number of piperazine rings is 1. The molecule has 2 heterocycles. The maximum Gasteiger partial charge on any atom is 0.264 e. The van der Waals surface area contributed by atoms with Gasteiger partial charge in [-0.15, -0.1) is 11.3 Å². The van der Waals surface area contributed by atoms with E-state index in [9.17, 15) is 9.59 Å². The summed E-state index contributed by atoms with van der Waals surface area (Å²) in [6.45, 7) is 3.97. The number of hydrogen-bond acceptors (Lipinski definition) is 4. The highest BCUT2D eigenvalue weighted by Crippen LogP contribution is 2.43. The third-order valence-electron chi connectivity index (χ3n) is 6.08. The highest BCUT2D eigenvalue weighted by atomic mass is 32.1. The maximum atomic E-state index is 12.5. The zero-order chi connectivity index (χ0) is 19.4. The lowest BCUT2D eigenvalue weighted by molar-refractivity contribution is -0.123. The van der Waals surface area contributed by atoms with Crippen molar-refractivity contribution in [1.29, 1.82) is 0 Å². The van der Waals surface area contributed by atoms with Crippen LogP contribution in [0.4, 0.5) is 0 Å². The van der Waals surface area contributed by atoms with Crippen molar-refractivity contribution in [3.8, 4) is 0 Å². The average Bonchev–Trinajstić information content (AvgIpc) is 3.23. The lowest BCUT2D eigenvalue weighted by Gasteiger charge is -2.43. The third-order valence-corrected chi connectivity index (χ3v) is 6.94. The second kappa shape index (κ2) is 8.45. The summed E-state index contributed by atoms with van der Waals surface area (Å²) in [6.07, 6.45) is 3.51. The Labute approximate surface area is 170 Å². The van der Waals surface area contributed by atoms with Gasteiger partial charge < -0.3 is 10.2 Å². The van der Waals surface area contributed by atoms with Crippen LogP contribution in [0.15, 0.2) is 47.8 Å². The van der Waals surface area contributed by atoms with E-state index in [1.807, 2.05) is 28.5 Å². The van der Waals surface area contributed by atoms with E-state index < -0.39 is 0 Å². The van der Waals surface area contributed by atoms with Gasteiger partial charge in [0.1, 0.15) is 0 Å². The number of amides is 2. The van der Waals surface area contributed by atoms with E-state index in [1.165, 1.54) is 23.3 Å². The average molecular weight is 398 g/mol. The van der Waals surface area contributed by atoms with E-state index >= 15 is 0 Å². The largest absolute Gasteiger partial charge is 0.354 e. The fourth-order valence-corrected chi connectivity index (χ4v) is 4.85. The molecule has 0 bridgehead atoms. The van der Waals surface area contributed by atoms with Crippen LogP contribution in [-0.2, 0) is 10.2 Å². The Kier molecular flexibility index (Phi) is 5.78. The smallest absolute Gasteiger partial charge is 0.264 e. The normalized spacial score (nSPS) is 19.1. The Hall–Kier alpha value is -2.18. The van der Waals surface area contributed by atoms with Gasteiger partial charge in [-0.25, -0.2) is 0 Å². The van der Waals surface area contributed by atoms with Gasteiger partial charge >= 0.3 is 0 Å². The zero-order valence-electron chi connectivity index (χ0n) is 16.1. The van der Waals surface area contributed by atoms with Gasteiger partial charge in [0.15, 0.2) is 0 Å². The van der Waals surface area contributed by atoms with Gasteiger partial charge in [-0.05, 0) is 29.9 Å². The number of carbonyl (C=O) groups is 2. The van der Waals surface area contributed by atoms with Crippen molar-refractivity contribution in [2.75, 3.05) is 39.3 Å². The van der Waals surface area contributed by atoms with Crippen LogP contribution in [0, 0.1) is 0 Å². The second-order valence-electron chi connectivity index (χ2n) is 7.82. The first-order chi connectivity index (χ1) is 13.7. The summed E-state index contributed by atoms with van der Waals surface area (Å²) in [7, 11) is 0. The van der Waals surface area contributed by atoms with Crippen LogP contribution in [0.25, 0.3) is 0 Å². The van der Waals surface area contributed by atoms with Crippen LogP contribution in [0.1, 0.15) is 34.5 Å². The van der Waals surface area contributed by atoms with E-state index in [2.05, 4.69) is 34.5 Å². The summed E-state index contributed by atoms with van der Waals surface area (Å²) >= 11 is 1.48. The zero-order valence-corrected chi connectivity index (χ0v) is 16.9. The van der Waals surface area contributed by atoms with Crippen LogP contribution in [0.5, 0.6) is 0 Å². The van der Waals surface area contributed by atoms with Gasteiger partial charge in [0.25, 0.3) is 5.91 Å². The summed E-state index contributed by atoms with van der Waals surface area (Å²) in [5.74, 6) is 0.189. The summed E-state index contributed by atoms with van der Waals surface area (Å²) < 4.78 is 0. The van der Waals surface area contributed by atoms with Crippen LogP contribution in [0.2, 0.25) is 0 Å². The molecule has 0 radical (unpaired) electrons. The van der Waals surface area contributed by atoms with E-state index in [0.717, 1.165) is 30.8 Å². The van der Waals surface area contributed by atoms with E-state index in [-0.39, 0.29) is 17.2 Å².